The van der Waals surface area contributed by atoms with Gasteiger partial charge in [0.1, 0.15) is 11.3 Å². The van der Waals surface area contributed by atoms with Crippen molar-refractivity contribution in [2.75, 3.05) is 5.01 Å². The first kappa shape index (κ1) is 14.2. The van der Waals surface area contributed by atoms with Crippen LogP contribution in [0.15, 0.2) is 54.1 Å². The van der Waals surface area contributed by atoms with Crippen LogP contribution < -0.4 is 10.4 Å². The lowest BCUT2D eigenvalue weighted by Crippen LogP contribution is -2.35. The van der Waals surface area contributed by atoms with Gasteiger partial charge in [-0.05, 0) is 30.3 Å². The minimum Gasteiger partial charge on any atom is -0.507 e. The average molecular weight is 315 g/mol. The van der Waals surface area contributed by atoms with Crippen LogP contribution in [0.3, 0.4) is 0 Å². The predicted molar refractivity (Wildman–Crippen MR) is 83.2 cm³/mol. The van der Waals surface area contributed by atoms with Gasteiger partial charge in [-0.1, -0.05) is 35.9 Å². The molecule has 2 aromatic carbocycles. The largest absolute Gasteiger partial charge is 0.507 e. The van der Waals surface area contributed by atoms with Crippen LogP contribution in [0.2, 0.25) is 5.02 Å². The molecule has 0 aliphatic carbocycles. The molecule has 2 N–H and O–H groups in total. The molecule has 6 heteroatoms. The molecule has 0 atom stereocenters. The van der Waals surface area contributed by atoms with E-state index >= 15 is 0 Å². The van der Waals surface area contributed by atoms with Crippen LogP contribution in [-0.2, 0) is 9.59 Å². The Morgan fingerprint density at radius 1 is 1.09 bits per heavy atom. The van der Waals surface area contributed by atoms with Crippen LogP contribution in [0, 0.1) is 0 Å². The van der Waals surface area contributed by atoms with E-state index in [0.29, 0.717) is 16.3 Å². The van der Waals surface area contributed by atoms with Crippen LogP contribution in [0.4, 0.5) is 5.69 Å². The highest BCUT2D eigenvalue weighted by Gasteiger charge is 2.34. The Kier molecular flexibility index (Phi) is 3.56. The number of anilines is 1. The summed E-state index contributed by atoms with van der Waals surface area (Å²) in [6.07, 6.45) is 1.36. The fourth-order valence-electron chi connectivity index (χ4n) is 2.12. The minimum atomic E-state index is -0.534. The second kappa shape index (κ2) is 5.54. The van der Waals surface area contributed by atoms with Gasteiger partial charge >= 0.3 is 0 Å². The smallest absolute Gasteiger partial charge is 0.282 e. The van der Waals surface area contributed by atoms with Crippen molar-refractivity contribution in [1.82, 2.24) is 5.43 Å². The van der Waals surface area contributed by atoms with Gasteiger partial charge < -0.3 is 5.11 Å². The van der Waals surface area contributed by atoms with Crippen molar-refractivity contribution in [2.45, 2.75) is 0 Å². The van der Waals surface area contributed by atoms with Gasteiger partial charge in [0.05, 0.1) is 5.69 Å². The number of phenols is 1. The molecule has 110 valence electrons. The molecule has 0 spiro atoms. The molecule has 5 nitrogen and oxygen atoms in total. The fourth-order valence-corrected chi connectivity index (χ4v) is 2.30. The number of benzene rings is 2. The molecule has 0 radical (unpaired) electrons. The normalized spacial score (nSPS) is 16.2. The highest BCUT2D eigenvalue weighted by atomic mass is 35.5. The number of rotatable bonds is 2. The Hall–Kier alpha value is -2.79. The van der Waals surface area contributed by atoms with Crippen molar-refractivity contribution in [3.05, 3.63) is 64.7 Å². The number of aromatic hydroxyl groups is 1. The highest BCUT2D eigenvalue weighted by Crippen LogP contribution is 2.25. The van der Waals surface area contributed by atoms with Crippen LogP contribution in [0.1, 0.15) is 5.56 Å². The third kappa shape index (κ3) is 2.54. The molecule has 0 bridgehead atoms. The van der Waals surface area contributed by atoms with Gasteiger partial charge in [-0.25, -0.2) is 5.01 Å². The summed E-state index contributed by atoms with van der Waals surface area (Å²) in [6.45, 7) is 0. The fraction of sp³-hybridized carbons (Fsp3) is 0. The summed E-state index contributed by atoms with van der Waals surface area (Å²) >= 11 is 5.90. The van der Waals surface area contributed by atoms with Crippen molar-refractivity contribution in [1.29, 1.82) is 0 Å². The maximum Gasteiger partial charge on any atom is 0.282 e. The van der Waals surface area contributed by atoms with Crippen LogP contribution in [0.25, 0.3) is 6.08 Å². The number of hydrogen-bond acceptors (Lipinski definition) is 3. The van der Waals surface area contributed by atoms with Crippen LogP contribution in [0.5, 0.6) is 5.75 Å². The highest BCUT2D eigenvalue weighted by molar-refractivity contribution is 6.33. The van der Waals surface area contributed by atoms with Gasteiger partial charge in [0, 0.05) is 10.6 Å². The lowest BCUT2D eigenvalue weighted by atomic mass is 10.1. The number of hydrogen-bond donors (Lipinski definition) is 2. The zero-order valence-electron chi connectivity index (χ0n) is 11.3. The maximum atomic E-state index is 12.4. The van der Waals surface area contributed by atoms with E-state index in [1.54, 1.807) is 42.5 Å². The van der Waals surface area contributed by atoms with Gasteiger partial charge in [-0.15, -0.1) is 0 Å². The first-order valence-electron chi connectivity index (χ1n) is 6.47. The average Bonchev–Trinajstić information content (AvgIpc) is 2.77. The van der Waals surface area contributed by atoms with E-state index in [0.717, 1.165) is 5.01 Å². The first-order valence-corrected chi connectivity index (χ1v) is 6.85. The second-order valence-corrected chi connectivity index (χ2v) is 5.11. The van der Waals surface area contributed by atoms with Gasteiger partial charge in [0.15, 0.2) is 0 Å². The van der Waals surface area contributed by atoms with Crippen molar-refractivity contribution >= 4 is 35.2 Å². The molecule has 1 saturated heterocycles. The number of halogens is 1. The Morgan fingerprint density at radius 2 is 1.86 bits per heavy atom. The molecule has 1 aliphatic rings. The van der Waals surface area contributed by atoms with E-state index < -0.39 is 11.8 Å². The van der Waals surface area contributed by atoms with Crippen molar-refractivity contribution in [3.63, 3.8) is 0 Å². The summed E-state index contributed by atoms with van der Waals surface area (Å²) in [5.41, 5.74) is 3.28. The van der Waals surface area contributed by atoms with E-state index in [2.05, 4.69) is 5.43 Å². The third-order valence-corrected chi connectivity index (χ3v) is 3.43. The van der Waals surface area contributed by atoms with Gasteiger partial charge in [0.2, 0.25) is 0 Å². The number of carbonyl (C=O) groups excluding carboxylic acids is 2. The molecular formula is C16H11ClN2O3. The van der Waals surface area contributed by atoms with E-state index in [1.165, 1.54) is 12.1 Å². The topological polar surface area (TPSA) is 69.6 Å². The summed E-state index contributed by atoms with van der Waals surface area (Å²) in [7, 11) is 0. The summed E-state index contributed by atoms with van der Waals surface area (Å²) in [5.74, 6) is -1.04. The van der Waals surface area contributed by atoms with Gasteiger partial charge in [-0.2, -0.15) is 0 Å². The summed E-state index contributed by atoms with van der Waals surface area (Å²) in [4.78, 5) is 24.4. The van der Waals surface area contributed by atoms with E-state index in [1.807, 2.05) is 0 Å². The number of hydrazine groups is 1. The number of carbonyl (C=O) groups is 2. The van der Waals surface area contributed by atoms with Crippen molar-refractivity contribution in [2.24, 2.45) is 0 Å². The Labute approximate surface area is 131 Å². The van der Waals surface area contributed by atoms with Crippen LogP contribution >= 0.6 is 11.6 Å². The summed E-state index contributed by atoms with van der Waals surface area (Å²) < 4.78 is 0. The molecule has 3 rings (SSSR count). The van der Waals surface area contributed by atoms with E-state index in [9.17, 15) is 14.7 Å². The SMILES string of the molecule is O=C1NN(c2cccc(Cl)c2)C(=O)/C1=C/c1ccccc1O. The molecule has 1 aliphatic heterocycles. The number of amides is 2. The lowest BCUT2D eigenvalue weighted by Gasteiger charge is -2.14. The molecular weight excluding hydrogens is 304 g/mol. The minimum absolute atomic E-state index is 0.00296. The van der Waals surface area contributed by atoms with Crippen molar-refractivity contribution in [3.8, 4) is 5.75 Å². The van der Waals surface area contributed by atoms with Gasteiger partial charge in [-0.3, -0.25) is 15.0 Å². The van der Waals surface area contributed by atoms with Gasteiger partial charge in [0.25, 0.3) is 11.8 Å². The van der Waals surface area contributed by atoms with E-state index in [4.69, 9.17) is 11.6 Å². The molecule has 0 unspecified atom stereocenters. The standard InChI is InChI=1S/C16H11ClN2O3/c17-11-5-3-6-12(9-11)19-16(22)13(15(21)18-19)8-10-4-1-2-7-14(10)20/h1-9,20H,(H,18,21)/b13-8+. The number of para-hydroxylation sites is 1. The molecule has 22 heavy (non-hydrogen) atoms. The quantitative estimate of drug-likeness (QED) is 0.661. The monoisotopic (exact) mass is 314 g/mol. The summed E-state index contributed by atoms with van der Waals surface area (Å²) in [6, 6.07) is 13.1. The zero-order valence-corrected chi connectivity index (χ0v) is 12.0. The van der Waals surface area contributed by atoms with E-state index in [-0.39, 0.29) is 11.3 Å². The Balaban J connectivity index is 1.97. The second-order valence-electron chi connectivity index (χ2n) is 4.68. The van der Waals surface area contributed by atoms with Crippen molar-refractivity contribution < 1.29 is 14.7 Å². The molecule has 2 amide bonds. The molecule has 2 aromatic rings. The Bertz CT molecular complexity index is 801. The maximum absolute atomic E-state index is 12.4. The molecule has 1 heterocycles. The molecule has 0 aromatic heterocycles. The zero-order chi connectivity index (χ0) is 15.7. The Morgan fingerprint density at radius 3 is 2.59 bits per heavy atom. The third-order valence-electron chi connectivity index (χ3n) is 3.19. The number of nitrogens with one attached hydrogen (secondary N) is 1. The molecule has 0 saturated carbocycles. The molecule has 1 fully saturated rings. The first-order chi connectivity index (χ1) is 10.6. The number of nitrogens with zero attached hydrogens (tertiary/aromatic N) is 1. The predicted octanol–water partition coefficient (Wildman–Crippen LogP) is 2.51. The summed E-state index contributed by atoms with van der Waals surface area (Å²) in [5, 5.41) is 11.3. The number of phenolic OH excluding ortho intramolecular Hbond substituents is 1. The van der Waals surface area contributed by atoms with Crippen LogP contribution in [-0.4, -0.2) is 16.9 Å². The lowest BCUT2D eigenvalue weighted by molar-refractivity contribution is -0.117.